The summed E-state index contributed by atoms with van der Waals surface area (Å²) in [4.78, 5) is 19.2. The van der Waals surface area contributed by atoms with Gasteiger partial charge in [0.1, 0.15) is 41.6 Å². The monoisotopic (exact) mass is 435 g/mol. The first-order valence-corrected chi connectivity index (χ1v) is 11.8. The highest BCUT2D eigenvalue weighted by molar-refractivity contribution is 6.59. The van der Waals surface area contributed by atoms with E-state index in [0.29, 0.717) is 23.1 Å². The Morgan fingerprint density at radius 1 is 1.19 bits per heavy atom. The van der Waals surface area contributed by atoms with Crippen molar-refractivity contribution in [3.05, 3.63) is 29.6 Å². The first kappa shape index (κ1) is 22.8. The Hall–Kier alpha value is -2.38. The molecule has 0 aliphatic heterocycles. The summed E-state index contributed by atoms with van der Waals surface area (Å²) in [5.41, 5.74) is 2.09. The summed E-state index contributed by atoms with van der Waals surface area (Å²) in [7, 11) is 6.11. The van der Waals surface area contributed by atoms with E-state index < -0.39 is 0 Å². The summed E-state index contributed by atoms with van der Waals surface area (Å²) in [6.45, 7) is 2.69. The van der Waals surface area contributed by atoms with Crippen molar-refractivity contribution < 1.29 is 18.8 Å². The van der Waals surface area contributed by atoms with Crippen molar-refractivity contribution in [2.75, 3.05) is 6.54 Å². The number of ether oxygens (including phenoxy) is 2. The molecule has 0 saturated heterocycles. The molecule has 2 aliphatic rings. The van der Waals surface area contributed by atoms with Crippen LogP contribution in [0.5, 0.6) is 5.75 Å². The largest absolute Gasteiger partial charge is 0.489 e. The molecule has 1 amide bonds. The van der Waals surface area contributed by atoms with E-state index in [4.69, 9.17) is 14.0 Å². The highest BCUT2D eigenvalue weighted by atomic mass is 16.6. The van der Waals surface area contributed by atoms with Gasteiger partial charge in [0.15, 0.2) is 5.76 Å². The maximum Gasteiger partial charge on any atom is 0.408 e. The van der Waals surface area contributed by atoms with Gasteiger partial charge in [-0.25, -0.2) is 9.78 Å². The van der Waals surface area contributed by atoms with E-state index in [2.05, 4.69) is 10.1 Å². The Bertz CT molecular complexity index is 919. The van der Waals surface area contributed by atoms with Gasteiger partial charge in [-0.15, -0.1) is 0 Å². The zero-order chi connectivity index (χ0) is 22.7. The average molecular weight is 435 g/mol. The Labute approximate surface area is 192 Å². The van der Waals surface area contributed by atoms with Crippen LogP contribution in [0.25, 0.3) is 11.5 Å². The van der Waals surface area contributed by atoms with E-state index in [9.17, 15) is 4.79 Å². The number of aromatic nitrogens is 2. The number of nitrogens with zero attached hydrogens (tertiary/aromatic N) is 3. The predicted molar refractivity (Wildman–Crippen MR) is 130 cm³/mol. The van der Waals surface area contributed by atoms with Crippen LogP contribution in [0.1, 0.15) is 56.2 Å². The van der Waals surface area contributed by atoms with Gasteiger partial charge >= 0.3 is 6.09 Å². The molecule has 7 nitrogen and oxygen atoms in total. The number of hydrogen-bond acceptors (Lipinski definition) is 6. The lowest BCUT2D eigenvalue weighted by Gasteiger charge is -2.35. The second-order valence-corrected chi connectivity index (χ2v) is 10.1. The molecule has 0 unspecified atom stereocenters. The smallest absolute Gasteiger partial charge is 0.408 e. The third kappa shape index (κ3) is 5.70. The number of amides is 1. The number of aryl methyl sites for hydroxylation is 1. The molecule has 0 radical (unpaired) electrons. The van der Waals surface area contributed by atoms with Crippen molar-refractivity contribution in [2.24, 2.45) is 5.92 Å². The van der Waals surface area contributed by atoms with E-state index in [0.717, 1.165) is 30.7 Å². The van der Waals surface area contributed by atoms with Crippen molar-refractivity contribution in [3.8, 4) is 17.2 Å². The zero-order valence-electron chi connectivity index (χ0n) is 19.7. The summed E-state index contributed by atoms with van der Waals surface area (Å²) < 4.78 is 17.3. The van der Waals surface area contributed by atoms with Crippen LogP contribution in [0.3, 0.4) is 0 Å². The van der Waals surface area contributed by atoms with Crippen LogP contribution in [0.4, 0.5) is 4.79 Å². The van der Waals surface area contributed by atoms with Gasteiger partial charge in [-0.1, -0.05) is 11.6 Å². The second kappa shape index (κ2) is 9.63. The molecule has 2 fully saturated rings. The minimum atomic E-state index is -0.305. The number of rotatable bonds is 8. The highest BCUT2D eigenvalue weighted by Crippen LogP contribution is 2.32. The second-order valence-electron chi connectivity index (χ2n) is 10.1. The van der Waals surface area contributed by atoms with Crippen LogP contribution in [-0.4, -0.2) is 62.6 Å². The first-order valence-electron chi connectivity index (χ1n) is 11.8. The van der Waals surface area contributed by atoms with E-state index in [1.165, 1.54) is 32.1 Å². The molecule has 4 rings (SSSR count). The van der Waals surface area contributed by atoms with Crippen molar-refractivity contribution in [1.82, 2.24) is 15.0 Å². The molecule has 0 bridgehead atoms. The molecule has 0 N–H and O–H groups in total. The van der Waals surface area contributed by atoms with Gasteiger partial charge in [0.2, 0.25) is 0 Å². The van der Waals surface area contributed by atoms with Crippen LogP contribution in [0, 0.1) is 12.8 Å². The molecule has 0 aromatic carbocycles. The van der Waals surface area contributed by atoms with Gasteiger partial charge in [0.05, 0.1) is 23.6 Å². The molecule has 0 spiro atoms. The molecule has 168 valence electrons. The zero-order valence-corrected chi connectivity index (χ0v) is 19.7. The fourth-order valence-electron chi connectivity index (χ4n) is 4.11. The predicted octanol–water partition coefficient (Wildman–Crippen LogP) is 1.62. The van der Waals surface area contributed by atoms with Crippen molar-refractivity contribution in [3.63, 3.8) is 0 Å². The molecule has 2 aromatic heterocycles. The highest BCUT2D eigenvalue weighted by Gasteiger charge is 2.34. The van der Waals surface area contributed by atoms with E-state index in [-0.39, 0.29) is 24.0 Å². The Morgan fingerprint density at radius 2 is 1.94 bits per heavy atom. The average Bonchev–Trinajstić information content (AvgIpc) is 3.52. The number of pyridine rings is 1. The normalized spacial score (nSPS) is 17.2. The van der Waals surface area contributed by atoms with Gasteiger partial charge < -0.3 is 18.9 Å². The lowest BCUT2D eigenvalue weighted by molar-refractivity contribution is 0.0932. The SMILES string of the molecule is BC(B)(B)N(CC1CC1)C(=O)OCc1c(C)noc1-c1ccc(OC2CCCCC2)cn1. The van der Waals surface area contributed by atoms with Gasteiger partial charge in [0.25, 0.3) is 0 Å². The lowest BCUT2D eigenvalue weighted by atomic mass is 9.48. The van der Waals surface area contributed by atoms with Crippen molar-refractivity contribution in [2.45, 2.75) is 69.8 Å². The summed E-state index contributed by atoms with van der Waals surface area (Å²) in [6.07, 6.45) is 10.0. The Morgan fingerprint density at radius 3 is 2.56 bits per heavy atom. The van der Waals surface area contributed by atoms with Gasteiger partial charge in [-0.3, -0.25) is 0 Å². The lowest BCUT2D eigenvalue weighted by Crippen LogP contribution is -2.54. The van der Waals surface area contributed by atoms with Crippen molar-refractivity contribution in [1.29, 1.82) is 0 Å². The van der Waals surface area contributed by atoms with Gasteiger partial charge in [0, 0.05) is 6.54 Å². The third-order valence-corrected chi connectivity index (χ3v) is 6.32. The first-order chi connectivity index (χ1) is 15.3. The van der Waals surface area contributed by atoms with E-state index in [1.807, 2.05) is 47.5 Å². The fourth-order valence-corrected chi connectivity index (χ4v) is 4.11. The molecule has 2 aromatic rings. The standard InChI is InChI=1S/C22H32B3N3O4/c1-14-18(13-30-21(29)28(22(23,24)25)12-15-7-8-15)20(32-27-14)19-10-9-17(11-26-19)31-16-5-3-2-4-6-16/h9-11,15-16H,2-8,12-13,23-25H2,1H3. The van der Waals surface area contributed by atoms with Crippen LogP contribution >= 0.6 is 0 Å². The summed E-state index contributed by atoms with van der Waals surface area (Å²) in [5.74, 6) is 1.89. The molecule has 2 saturated carbocycles. The molecule has 0 atom stereocenters. The van der Waals surface area contributed by atoms with Crippen LogP contribution in [0.15, 0.2) is 22.9 Å². The quantitative estimate of drug-likeness (QED) is 0.587. The summed E-state index contributed by atoms with van der Waals surface area (Å²) >= 11 is 0. The summed E-state index contributed by atoms with van der Waals surface area (Å²) in [5, 5.41) is 3.80. The number of hydrogen-bond donors (Lipinski definition) is 0. The van der Waals surface area contributed by atoms with E-state index >= 15 is 0 Å². The van der Waals surface area contributed by atoms with Crippen LogP contribution in [0.2, 0.25) is 0 Å². The van der Waals surface area contributed by atoms with Crippen LogP contribution in [-0.2, 0) is 11.3 Å². The van der Waals surface area contributed by atoms with Crippen molar-refractivity contribution >= 4 is 29.6 Å². The maximum absolute atomic E-state index is 12.9. The molecule has 2 aliphatic carbocycles. The molecular weight excluding hydrogens is 403 g/mol. The minimum absolute atomic E-state index is 0.1000. The number of carbonyl (C=O) groups is 1. The van der Waals surface area contributed by atoms with Crippen LogP contribution < -0.4 is 4.74 Å². The molecule has 10 heteroatoms. The molecular formula is C22H32B3N3O4. The maximum atomic E-state index is 12.9. The fraction of sp³-hybridized carbons (Fsp3) is 0.591. The summed E-state index contributed by atoms with van der Waals surface area (Å²) in [6, 6.07) is 3.79. The molecule has 32 heavy (non-hydrogen) atoms. The van der Waals surface area contributed by atoms with Gasteiger partial charge in [-0.2, -0.15) is 0 Å². The number of carbonyl (C=O) groups excluding carboxylic acids is 1. The minimum Gasteiger partial charge on any atom is -0.489 e. The Kier molecular flexibility index (Phi) is 6.86. The third-order valence-electron chi connectivity index (χ3n) is 6.32. The Balaban J connectivity index is 1.42. The van der Waals surface area contributed by atoms with Gasteiger partial charge in [-0.05, 0) is 68.7 Å². The topological polar surface area (TPSA) is 77.7 Å². The molecule has 2 heterocycles. The van der Waals surface area contributed by atoms with E-state index in [1.54, 1.807) is 6.20 Å².